The summed E-state index contributed by atoms with van der Waals surface area (Å²) in [5.74, 6) is 1.76. The largest absolute Gasteiger partial charge is 4.00 e. The van der Waals surface area contributed by atoms with Crippen LogP contribution < -0.4 is 34.0 Å². The van der Waals surface area contributed by atoms with Crippen LogP contribution >= 0.6 is 0 Å². The molecule has 21 heavy (non-hydrogen) atoms. The summed E-state index contributed by atoms with van der Waals surface area (Å²) in [6.45, 7) is 9.15. The molecule has 2 aromatic carbocycles. The van der Waals surface area contributed by atoms with E-state index in [1.165, 1.54) is 0 Å². The first-order valence-corrected chi connectivity index (χ1v) is 9.68. The third kappa shape index (κ3) is 12.2. The van der Waals surface area contributed by atoms with Gasteiger partial charge >= 0.3 is 26.2 Å². The number of ether oxygens (including phenoxy) is 1. The number of hydrogen-bond donors (Lipinski definition) is 0. The van der Waals surface area contributed by atoms with Crippen molar-refractivity contribution in [3.63, 3.8) is 0 Å². The molecule has 0 atom stereocenters. The summed E-state index contributed by atoms with van der Waals surface area (Å²) < 4.78 is 11.3. The van der Waals surface area contributed by atoms with E-state index in [1.807, 2.05) is 55.5 Å². The maximum absolute atomic E-state index is 5.84. The molecule has 2 rings (SSSR count). The molecule has 0 bridgehead atoms. The predicted octanol–water partition coefficient (Wildman–Crippen LogP) is -1.57. The van der Waals surface area contributed by atoms with E-state index >= 15 is 0 Å². The Kier molecular flexibility index (Phi) is 16.8. The van der Waals surface area contributed by atoms with E-state index in [2.05, 4.69) is 19.6 Å². The van der Waals surface area contributed by atoms with Gasteiger partial charge in [-0.05, 0) is 26.6 Å². The van der Waals surface area contributed by atoms with Gasteiger partial charge < -0.3 is 34.0 Å². The zero-order valence-corrected chi connectivity index (χ0v) is 17.9. The second kappa shape index (κ2) is 13.6. The minimum absolute atomic E-state index is 0. The van der Waals surface area contributed by atoms with Crippen molar-refractivity contribution in [2.75, 3.05) is 6.61 Å². The third-order valence-electron chi connectivity index (χ3n) is 2.01. The molecule has 0 heterocycles. The molecule has 0 unspecified atom stereocenters. The molecule has 0 aliphatic carbocycles. The summed E-state index contributed by atoms with van der Waals surface area (Å²) in [5, 5.41) is 0. The number of hydrogen-bond acceptors (Lipinski definition) is 2. The van der Waals surface area contributed by atoms with Crippen LogP contribution in [-0.4, -0.2) is 14.9 Å². The van der Waals surface area contributed by atoms with E-state index < -0.39 is 8.32 Å². The van der Waals surface area contributed by atoms with Crippen molar-refractivity contribution in [2.24, 2.45) is 0 Å². The molecule has 0 spiro atoms. The van der Waals surface area contributed by atoms with Gasteiger partial charge in [-0.1, -0.05) is 0 Å². The topological polar surface area (TPSA) is 18.5 Å². The van der Waals surface area contributed by atoms with E-state index in [-0.39, 0.29) is 51.0 Å². The Bertz CT molecular complexity index is 408. The van der Waals surface area contributed by atoms with E-state index in [9.17, 15) is 0 Å². The third-order valence-corrected chi connectivity index (χ3v) is 2.84. The van der Waals surface area contributed by atoms with Crippen LogP contribution in [0.5, 0.6) is 11.5 Å². The second-order valence-electron chi connectivity index (χ2n) is 4.86. The fourth-order valence-electron chi connectivity index (χ4n) is 1.40. The molecule has 0 aliphatic rings. The monoisotopic (exact) mass is 422 g/mol. The Labute approximate surface area is 161 Å². The van der Waals surface area contributed by atoms with Gasteiger partial charge in [-0.3, -0.25) is 0 Å². The van der Waals surface area contributed by atoms with Crippen molar-refractivity contribution >= 4 is 8.32 Å². The van der Waals surface area contributed by atoms with Crippen LogP contribution in [-0.2, 0) is 26.2 Å². The average molecular weight is 425 g/mol. The van der Waals surface area contributed by atoms with Crippen molar-refractivity contribution < 1.29 is 60.2 Å². The molecule has 0 saturated heterocycles. The van der Waals surface area contributed by atoms with Crippen LogP contribution in [0, 0.1) is 0 Å². The van der Waals surface area contributed by atoms with Crippen molar-refractivity contribution in [1.29, 1.82) is 0 Å². The smallest absolute Gasteiger partial charge is 1.00 e. The van der Waals surface area contributed by atoms with E-state index in [0.717, 1.165) is 11.5 Å². The van der Waals surface area contributed by atoms with Gasteiger partial charge in [0.15, 0.2) is 0 Å². The van der Waals surface area contributed by atoms with Gasteiger partial charge in [0.05, 0.1) is 6.61 Å². The molecule has 116 valence electrons. The van der Waals surface area contributed by atoms with Gasteiger partial charge in [0.1, 0.15) is 0 Å². The van der Waals surface area contributed by atoms with Gasteiger partial charge in [-0.15, -0.1) is 6.07 Å². The zero-order chi connectivity index (χ0) is 13.4. The standard InChI is InChI=1S/C10H17O2Si.C5H5.2ClH.Zr/c1-5-11-9-7-6-8-10(9)12-13(2,3)4;1-2-4-5-3-1;;;/h6-8H,5H2,1-4H3;1-5H;2*1H;/q2*-1;;;+4/p-2. The fraction of sp³-hybridized carbons (Fsp3) is 0.333. The van der Waals surface area contributed by atoms with E-state index in [1.54, 1.807) is 0 Å². The molecule has 6 heteroatoms. The molecule has 0 fully saturated rings. The van der Waals surface area contributed by atoms with Gasteiger partial charge in [0.25, 0.3) is 0 Å². The summed E-state index contributed by atoms with van der Waals surface area (Å²) in [4.78, 5) is 0. The summed E-state index contributed by atoms with van der Waals surface area (Å²) in [5.41, 5.74) is 0. The van der Waals surface area contributed by atoms with Crippen LogP contribution in [0.1, 0.15) is 6.92 Å². The van der Waals surface area contributed by atoms with Crippen LogP contribution in [0.3, 0.4) is 0 Å². The zero-order valence-electron chi connectivity index (χ0n) is 12.9. The van der Waals surface area contributed by atoms with Gasteiger partial charge in [-0.25, -0.2) is 18.2 Å². The van der Waals surface area contributed by atoms with E-state index in [4.69, 9.17) is 9.16 Å². The van der Waals surface area contributed by atoms with Gasteiger partial charge in [0.2, 0.25) is 8.32 Å². The summed E-state index contributed by atoms with van der Waals surface area (Å²) in [6.07, 6.45) is 0. The van der Waals surface area contributed by atoms with Crippen LogP contribution in [0.15, 0.2) is 48.5 Å². The normalized spacial score (nSPS) is 8.95. The Morgan fingerprint density at radius 3 is 2.05 bits per heavy atom. The van der Waals surface area contributed by atoms with E-state index in [0.29, 0.717) is 6.61 Å². The minimum Gasteiger partial charge on any atom is -1.00 e. The minimum atomic E-state index is -1.50. The van der Waals surface area contributed by atoms with Gasteiger partial charge in [-0.2, -0.15) is 24.3 Å². The predicted molar refractivity (Wildman–Crippen MR) is 79.2 cm³/mol. The van der Waals surface area contributed by atoms with Gasteiger partial charge in [0, 0.05) is 11.5 Å². The maximum Gasteiger partial charge on any atom is 4.00 e. The SMILES string of the molecule is CCO[c-]1cccc1O[Si](C)(C)C.[Cl-].[Cl-].[Zr+4].c1cc[cH-]c1. The summed E-state index contributed by atoms with van der Waals surface area (Å²) in [7, 11) is -1.50. The first-order chi connectivity index (χ1) is 8.53. The first kappa shape index (κ1) is 25.9. The molecule has 0 saturated carbocycles. The molecule has 0 amide bonds. The van der Waals surface area contributed by atoms with Crippen molar-refractivity contribution in [2.45, 2.75) is 26.6 Å². The van der Waals surface area contributed by atoms with Crippen molar-refractivity contribution in [1.82, 2.24) is 0 Å². The molecule has 0 aromatic heterocycles. The Hall–Kier alpha value is -0.0200. The number of rotatable bonds is 4. The molecular formula is C15H22Cl2O2SiZr. The quantitative estimate of drug-likeness (QED) is 0.436. The van der Waals surface area contributed by atoms with Crippen molar-refractivity contribution in [3.8, 4) is 11.5 Å². The van der Waals surface area contributed by atoms with Crippen molar-refractivity contribution in [3.05, 3.63) is 48.5 Å². The molecule has 0 aliphatic heterocycles. The fourth-order valence-corrected chi connectivity index (χ4v) is 2.23. The molecule has 0 N–H and O–H groups in total. The summed E-state index contributed by atoms with van der Waals surface area (Å²) in [6, 6.07) is 15.9. The molecule has 2 nitrogen and oxygen atoms in total. The molecule has 0 radical (unpaired) electrons. The summed E-state index contributed by atoms with van der Waals surface area (Å²) >= 11 is 0. The maximum atomic E-state index is 5.84. The Morgan fingerprint density at radius 2 is 1.67 bits per heavy atom. The van der Waals surface area contributed by atoms with Crippen LogP contribution in [0.4, 0.5) is 0 Å². The second-order valence-corrected chi connectivity index (χ2v) is 9.29. The average Bonchev–Trinajstić information content (AvgIpc) is 2.91. The Balaban J connectivity index is -0.000000349. The molecule has 2 aromatic rings. The first-order valence-electron chi connectivity index (χ1n) is 6.27. The van der Waals surface area contributed by atoms with Crippen LogP contribution in [0.2, 0.25) is 19.6 Å². The number of halogens is 2. The van der Waals surface area contributed by atoms with Crippen LogP contribution in [0.25, 0.3) is 0 Å². The Morgan fingerprint density at radius 1 is 1.10 bits per heavy atom. The molecular weight excluding hydrogens is 402 g/mol.